The fourth-order valence-electron chi connectivity index (χ4n) is 2.50. The van der Waals surface area contributed by atoms with Gasteiger partial charge in [-0.3, -0.25) is 0 Å². The summed E-state index contributed by atoms with van der Waals surface area (Å²) in [4.78, 5) is 0. The van der Waals surface area contributed by atoms with Crippen molar-refractivity contribution in [3.8, 4) is 0 Å². The number of benzene rings is 1. The van der Waals surface area contributed by atoms with Crippen LogP contribution in [0.2, 0.25) is 0 Å². The van der Waals surface area contributed by atoms with Crippen LogP contribution in [0.5, 0.6) is 0 Å². The Morgan fingerprint density at radius 2 is 2.24 bits per heavy atom. The summed E-state index contributed by atoms with van der Waals surface area (Å²) in [7, 11) is 0. The van der Waals surface area contributed by atoms with Crippen molar-refractivity contribution >= 4 is 33.2 Å². The summed E-state index contributed by atoms with van der Waals surface area (Å²) in [5, 5.41) is 14.5. The van der Waals surface area contributed by atoms with E-state index in [-0.39, 0.29) is 0 Å². The molecule has 1 aliphatic heterocycles. The number of aliphatic hydroxyl groups is 1. The van der Waals surface area contributed by atoms with Crippen molar-refractivity contribution in [1.82, 2.24) is 0 Å². The van der Waals surface area contributed by atoms with E-state index in [4.69, 9.17) is 0 Å². The smallest absolute Gasteiger partial charge is 0.0811 e. The Morgan fingerprint density at radius 1 is 1.41 bits per heavy atom. The normalized spacial score (nSPS) is 28.9. The summed E-state index contributed by atoms with van der Waals surface area (Å²) < 4.78 is 1.32. The molecule has 0 saturated carbocycles. The standard InChI is InChI=1S/C14H16OS2/c1-10-14(15,6-7-16-10)8-11-9-17-13-5-3-2-4-12(11)13/h2-5,9-10,15H,6-8H2,1H3. The van der Waals surface area contributed by atoms with Gasteiger partial charge in [0, 0.05) is 16.4 Å². The summed E-state index contributed by atoms with van der Waals surface area (Å²) in [6.07, 6.45) is 1.72. The first-order valence-corrected chi connectivity index (χ1v) is 7.91. The Kier molecular flexibility index (Phi) is 2.93. The van der Waals surface area contributed by atoms with Crippen LogP contribution in [-0.2, 0) is 6.42 Å². The van der Waals surface area contributed by atoms with Gasteiger partial charge in [-0.15, -0.1) is 11.3 Å². The molecule has 0 radical (unpaired) electrons. The predicted molar refractivity (Wildman–Crippen MR) is 77.0 cm³/mol. The fraction of sp³-hybridized carbons (Fsp3) is 0.429. The molecule has 3 rings (SSSR count). The van der Waals surface area contributed by atoms with Gasteiger partial charge in [-0.25, -0.2) is 0 Å². The van der Waals surface area contributed by atoms with Crippen LogP contribution in [-0.4, -0.2) is 21.7 Å². The van der Waals surface area contributed by atoms with Crippen molar-refractivity contribution in [3.05, 3.63) is 35.2 Å². The van der Waals surface area contributed by atoms with Crippen LogP contribution < -0.4 is 0 Å². The third kappa shape index (κ3) is 2.01. The molecule has 1 aliphatic rings. The van der Waals surface area contributed by atoms with E-state index in [1.165, 1.54) is 15.6 Å². The van der Waals surface area contributed by atoms with Crippen LogP contribution in [0.25, 0.3) is 10.1 Å². The molecule has 0 bridgehead atoms. The highest BCUT2D eigenvalue weighted by Crippen LogP contribution is 2.39. The summed E-state index contributed by atoms with van der Waals surface area (Å²) >= 11 is 3.66. The molecule has 1 aromatic carbocycles. The first-order chi connectivity index (χ1) is 8.19. The Bertz CT molecular complexity index is 534. The summed E-state index contributed by atoms with van der Waals surface area (Å²) in [5.74, 6) is 1.08. The molecule has 90 valence electrons. The van der Waals surface area contributed by atoms with E-state index in [2.05, 4.69) is 36.6 Å². The molecule has 0 amide bonds. The third-order valence-corrected chi connectivity index (χ3v) is 6.11. The number of thioether (sulfide) groups is 1. The van der Waals surface area contributed by atoms with Gasteiger partial charge in [-0.2, -0.15) is 11.8 Å². The molecule has 1 saturated heterocycles. The van der Waals surface area contributed by atoms with Gasteiger partial charge in [0.25, 0.3) is 0 Å². The molecule has 2 unspecified atom stereocenters. The van der Waals surface area contributed by atoms with Crippen LogP contribution in [0.1, 0.15) is 18.9 Å². The lowest BCUT2D eigenvalue weighted by Crippen LogP contribution is -2.36. The predicted octanol–water partition coefficient (Wildman–Crippen LogP) is 3.70. The van der Waals surface area contributed by atoms with Crippen LogP contribution in [0, 0.1) is 0 Å². The SMILES string of the molecule is CC1SCCC1(O)Cc1csc2ccccc12. The van der Waals surface area contributed by atoms with Gasteiger partial charge in [-0.05, 0) is 34.6 Å². The van der Waals surface area contributed by atoms with Crippen molar-refractivity contribution in [2.24, 2.45) is 0 Å². The average Bonchev–Trinajstić information content (AvgIpc) is 2.86. The Hall–Kier alpha value is -0.510. The van der Waals surface area contributed by atoms with Crippen molar-refractivity contribution in [2.45, 2.75) is 30.6 Å². The number of fused-ring (bicyclic) bond motifs is 1. The van der Waals surface area contributed by atoms with Crippen LogP contribution in [0.3, 0.4) is 0 Å². The van der Waals surface area contributed by atoms with Crippen molar-refractivity contribution in [2.75, 3.05) is 5.75 Å². The molecule has 2 heterocycles. The van der Waals surface area contributed by atoms with E-state index in [0.29, 0.717) is 5.25 Å². The number of thiophene rings is 1. The molecule has 17 heavy (non-hydrogen) atoms. The highest BCUT2D eigenvalue weighted by atomic mass is 32.2. The number of hydrogen-bond donors (Lipinski definition) is 1. The lowest BCUT2D eigenvalue weighted by molar-refractivity contribution is 0.0468. The maximum Gasteiger partial charge on any atom is 0.0811 e. The highest BCUT2D eigenvalue weighted by Gasteiger charge is 2.39. The second kappa shape index (κ2) is 4.30. The maximum absolute atomic E-state index is 10.7. The monoisotopic (exact) mass is 264 g/mol. The molecule has 0 spiro atoms. The molecular formula is C14H16OS2. The lowest BCUT2D eigenvalue weighted by Gasteiger charge is -2.26. The summed E-state index contributed by atoms with van der Waals surface area (Å²) in [5.41, 5.74) is 0.802. The van der Waals surface area contributed by atoms with Crippen LogP contribution in [0.15, 0.2) is 29.6 Å². The molecule has 0 aliphatic carbocycles. The minimum Gasteiger partial charge on any atom is -0.388 e. The van der Waals surface area contributed by atoms with Gasteiger partial charge >= 0.3 is 0 Å². The van der Waals surface area contributed by atoms with E-state index in [1.807, 2.05) is 11.8 Å². The Labute approximate surface area is 110 Å². The zero-order chi connectivity index (χ0) is 11.9. The fourth-order valence-corrected chi connectivity index (χ4v) is 4.80. The maximum atomic E-state index is 10.7. The van der Waals surface area contributed by atoms with Crippen molar-refractivity contribution in [3.63, 3.8) is 0 Å². The molecular weight excluding hydrogens is 248 g/mol. The van der Waals surface area contributed by atoms with Gasteiger partial charge in [0.15, 0.2) is 0 Å². The van der Waals surface area contributed by atoms with Crippen molar-refractivity contribution in [1.29, 1.82) is 0 Å². The van der Waals surface area contributed by atoms with Gasteiger partial charge in [0.05, 0.1) is 5.60 Å². The van der Waals surface area contributed by atoms with Crippen LogP contribution >= 0.6 is 23.1 Å². The minimum absolute atomic E-state index is 0.348. The quantitative estimate of drug-likeness (QED) is 0.892. The van der Waals surface area contributed by atoms with Gasteiger partial charge in [0.2, 0.25) is 0 Å². The molecule has 3 heteroatoms. The molecule has 2 aromatic rings. The second-order valence-corrected chi connectivity index (χ2v) is 7.16. The third-order valence-electron chi connectivity index (χ3n) is 3.72. The molecule has 2 atom stereocenters. The molecule has 1 N–H and O–H groups in total. The Morgan fingerprint density at radius 3 is 3.00 bits per heavy atom. The van der Waals surface area contributed by atoms with E-state index < -0.39 is 5.60 Å². The summed E-state index contributed by atoms with van der Waals surface area (Å²) in [6.45, 7) is 2.15. The van der Waals surface area contributed by atoms with Crippen molar-refractivity contribution < 1.29 is 5.11 Å². The minimum atomic E-state index is -0.505. The number of rotatable bonds is 2. The molecule has 1 nitrogen and oxygen atoms in total. The van der Waals surface area contributed by atoms with E-state index in [0.717, 1.165) is 18.6 Å². The van der Waals surface area contributed by atoms with E-state index in [9.17, 15) is 5.11 Å². The largest absolute Gasteiger partial charge is 0.388 e. The first-order valence-electron chi connectivity index (χ1n) is 5.98. The zero-order valence-electron chi connectivity index (χ0n) is 9.85. The first kappa shape index (κ1) is 11.6. The van der Waals surface area contributed by atoms with E-state index >= 15 is 0 Å². The highest BCUT2D eigenvalue weighted by molar-refractivity contribution is 8.00. The average molecular weight is 264 g/mol. The Balaban J connectivity index is 1.95. The molecule has 1 fully saturated rings. The van der Waals surface area contributed by atoms with E-state index in [1.54, 1.807) is 11.3 Å². The summed E-state index contributed by atoms with van der Waals surface area (Å²) in [6, 6.07) is 8.47. The van der Waals surface area contributed by atoms with Gasteiger partial charge in [-0.1, -0.05) is 25.1 Å². The number of hydrogen-bond acceptors (Lipinski definition) is 3. The van der Waals surface area contributed by atoms with Crippen LogP contribution in [0.4, 0.5) is 0 Å². The van der Waals surface area contributed by atoms with Gasteiger partial charge < -0.3 is 5.11 Å². The van der Waals surface area contributed by atoms with Gasteiger partial charge in [0.1, 0.15) is 0 Å². The second-order valence-electron chi connectivity index (χ2n) is 4.80. The lowest BCUT2D eigenvalue weighted by atomic mass is 9.89. The molecule has 1 aromatic heterocycles. The zero-order valence-corrected chi connectivity index (χ0v) is 11.5. The topological polar surface area (TPSA) is 20.2 Å².